The first-order valence-corrected chi connectivity index (χ1v) is 11.6. The normalized spacial score (nSPS) is 15.2. The maximum absolute atomic E-state index is 13.2. The summed E-state index contributed by atoms with van der Waals surface area (Å²) in [4.78, 5) is 24.1. The minimum absolute atomic E-state index is 0.0193. The number of halogens is 2. The lowest BCUT2D eigenvalue weighted by molar-refractivity contribution is -0.119. The Morgan fingerprint density at radius 2 is 1.77 bits per heavy atom. The van der Waals surface area contributed by atoms with Crippen LogP contribution in [0.3, 0.4) is 0 Å². The third-order valence-corrected chi connectivity index (χ3v) is 7.03. The van der Waals surface area contributed by atoms with Crippen LogP contribution in [0.15, 0.2) is 47.4 Å². The molecule has 0 spiro atoms. The second-order valence-corrected chi connectivity index (χ2v) is 9.44. The number of carbonyl (C=O) groups is 2. The van der Waals surface area contributed by atoms with Crippen molar-refractivity contribution in [2.24, 2.45) is 0 Å². The van der Waals surface area contributed by atoms with Crippen LogP contribution < -0.4 is 5.32 Å². The van der Waals surface area contributed by atoms with Gasteiger partial charge in [-0.25, -0.2) is 17.6 Å². The number of esters is 1. The Morgan fingerprint density at radius 1 is 1.06 bits per heavy atom. The highest BCUT2D eigenvalue weighted by molar-refractivity contribution is 7.89. The Labute approximate surface area is 185 Å². The van der Waals surface area contributed by atoms with E-state index in [0.29, 0.717) is 13.1 Å². The van der Waals surface area contributed by atoms with Gasteiger partial charge in [0.15, 0.2) is 6.61 Å². The van der Waals surface area contributed by atoms with Crippen LogP contribution in [0.25, 0.3) is 0 Å². The molecule has 0 unspecified atom stereocenters. The predicted molar refractivity (Wildman–Crippen MR) is 114 cm³/mol. The highest BCUT2D eigenvalue weighted by atomic mass is 35.5. The average Bonchev–Trinajstić information content (AvgIpc) is 3.03. The van der Waals surface area contributed by atoms with Gasteiger partial charge in [-0.15, -0.1) is 0 Å². The summed E-state index contributed by atoms with van der Waals surface area (Å²) in [6, 6.07) is 8.95. The van der Waals surface area contributed by atoms with Crippen LogP contribution in [0.2, 0.25) is 5.02 Å². The standard InChI is InChI=1S/C21H22ClFN2O5S/c22-18-9-8-17(31(28,29)25-10-3-1-2-4-11-25)13-19(18)24-20(26)14-30-21(27)15-6-5-7-16(23)12-15/h5-9,12-13H,1-4,10-11,14H2,(H,24,26). The molecule has 0 aliphatic carbocycles. The van der Waals surface area contributed by atoms with Crippen LogP contribution in [0.5, 0.6) is 0 Å². The first-order valence-electron chi connectivity index (χ1n) is 9.79. The lowest BCUT2D eigenvalue weighted by atomic mass is 10.2. The van der Waals surface area contributed by atoms with E-state index in [1.54, 1.807) is 0 Å². The van der Waals surface area contributed by atoms with Crippen molar-refractivity contribution >= 4 is 39.2 Å². The molecule has 3 rings (SSSR count). The van der Waals surface area contributed by atoms with E-state index in [9.17, 15) is 22.4 Å². The zero-order valence-corrected chi connectivity index (χ0v) is 18.2. The lowest BCUT2D eigenvalue weighted by Gasteiger charge is -2.20. The third kappa shape index (κ3) is 6.03. The van der Waals surface area contributed by atoms with E-state index in [4.69, 9.17) is 16.3 Å². The molecule has 0 radical (unpaired) electrons. The second kappa shape index (κ2) is 10.2. The van der Waals surface area contributed by atoms with E-state index < -0.39 is 34.3 Å². The summed E-state index contributed by atoms with van der Waals surface area (Å²) >= 11 is 6.11. The van der Waals surface area contributed by atoms with Gasteiger partial charge in [0.1, 0.15) is 5.82 Å². The van der Waals surface area contributed by atoms with Crippen molar-refractivity contribution in [3.8, 4) is 0 Å². The number of ether oxygens (including phenoxy) is 1. The molecule has 10 heteroatoms. The predicted octanol–water partition coefficient (Wildman–Crippen LogP) is 3.84. The fraction of sp³-hybridized carbons (Fsp3) is 0.333. The fourth-order valence-electron chi connectivity index (χ4n) is 3.21. The van der Waals surface area contributed by atoms with Crippen LogP contribution in [-0.2, 0) is 19.6 Å². The number of nitrogens with zero attached hydrogens (tertiary/aromatic N) is 1. The topological polar surface area (TPSA) is 92.8 Å². The van der Waals surface area contributed by atoms with E-state index in [0.717, 1.165) is 31.7 Å². The van der Waals surface area contributed by atoms with Gasteiger partial charge in [-0.3, -0.25) is 4.79 Å². The number of rotatable bonds is 6. The van der Waals surface area contributed by atoms with Gasteiger partial charge in [-0.1, -0.05) is 30.5 Å². The van der Waals surface area contributed by atoms with Crippen LogP contribution in [0.1, 0.15) is 36.0 Å². The molecule has 2 aromatic carbocycles. The smallest absolute Gasteiger partial charge is 0.338 e. The molecule has 1 aliphatic heterocycles. The SMILES string of the molecule is O=C(COC(=O)c1cccc(F)c1)Nc1cc(S(=O)(=O)N2CCCCCC2)ccc1Cl. The van der Waals surface area contributed by atoms with Crippen LogP contribution in [-0.4, -0.2) is 44.3 Å². The zero-order chi connectivity index (χ0) is 22.4. The van der Waals surface area contributed by atoms with Crippen molar-refractivity contribution in [3.63, 3.8) is 0 Å². The van der Waals surface area contributed by atoms with Gasteiger partial charge < -0.3 is 10.1 Å². The van der Waals surface area contributed by atoms with Crippen LogP contribution in [0.4, 0.5) is 10.1 Å². The molecule has 1 aliphatic rings. The lowest BCUT2D eigenvalue weighted by Crippen LogP contribution is -2.32. The summed E-state index contributed by atoms with van der Waals surface area (Å²) in [5.74, 6) is -2.18. The number of carbonyl (C=O) groups excluding carboxylic acids is 2. The average molecular weight is 469 g/mol. The Hall–Kier alpha value is -2.49. The Kier molecular flexibility index (Phi) is 7.64. The molecule has 31 heavy (non-hydrogen) atoms. The van der Waals surface area contributed by atoms with Crippen molar-refractivity contribution in [2.75, 3.05) is 25.0 Å². The number of sulfonamides is 1. The molecule has 1 saturated heterocycles. The number of hydrogen-bond donors (Lipinski definition) is 1. The molecule has 0 bridgehead atoms. The van der Waals surface area contributed by atoms with Gasteiger partial charge in [0, 0.05) is 13.1 Å². The molecule has 2 aromatic rings. The minimum atomic E-state index is -3.72. The number of hydrogen-bond acceptors (Lipinski definition) is 5. The van der Waals surface area contributed by atoms with E-state index in [1.165, 1.54) is 40.7 Å². The number of benzene rings is 2. The molecule has 1 amide bonds. The summed E-state index contributed by atoms with van der Waals surface area (Å²) in [6.45, 7) is 0.250. The molecule has 0 atom stereocenters. The van der Waals surface area contributed by atoms with Crippen molar-refractivity contribution in [1.82, 2.24) is 4.31 Å². The summed E-state index contributed by atoms with van der Waals surface area (Å²) in [5, 5.41) is 2.59. The summed E-state index contributed by atoms with van der Waals surface area (Å²) < 4.78 is 45.4. The molecular formula is C21H22ClFN2O5S. The molecule has 0 aromatic heterocycles. The number of anilines is 1. The minimum Gasteiger partial charge on any atom is -0.452 e. The van der Waals surface area contributed by atoms with Gasteiger partial charge >= 0.3 is 5.97 Å². The third-order valence-electron chi connectivity index (χ3n) is 4.81. The molecule has 1 N–H and O–H groups in total. The van der Waals surface area contributed by atoms with E-state index >= 15 is 0 Å². The van der Waals surface area contributed by atoms with Crippen molar-refractivity contribution in [1.29, 1.82) is 0 Å². The Morgan fingerprint density at radius 3 is 2.45 bits per heavy atom. The largest absolute Gasteiger partial charge is 0.452 e. The fourth-order valence-corrected chi connectivity index (χ4v) is 4.92. The maximum Gasteiger partial charge on any atom is 0.338 e. The Balaban J connectivity index is 1.67. The molecule has 7 nitrogen and oxygen atoms in total. The first-order chi connectivity index (χ1) is 14.8. The molecule has 1 fully saturated rings. The highest BCUT2D eigenvalue weighted by Crippen LogP contribution is 2.28. The molecule has 166 valence electrons. The Bertz CT molecular complexity index is 1070. The van der Waals surface area contributed by atoms with E-state index in [2.05, 4.69) is 5.32 Å². The monoisotopic (exact) mass is 468 g/mol. The maximum atomic E-state index is 13.2. The van der Waals surface area contributed by atoms with Crippen molar-refractivity contribution in [3.05, 3.63) is 58.9 Å². The first kappa shape index (κ1) is 23.2. The summed E-state index contributed by atoms with van der Waals surface area (Å²) in [6.07, 6.45) is 3.57. The molecule has 0 saturated carbocycles. The number of amides is 1. The second-order valence-electron chi connectivity index (χ2n) is 7.09. The highest BCUT2D eigenvalue weighted by Gasteiger charge is 2.26. The van der Waals surface area contributed by atoms with Gasteiger partial charge in [0.25, 0.3) is 5.91 Å². The molecule has 1 heterocycles. The summed E-state index contributed by atoms with van der Waals surface area (Å²) in [7, 11) is -3.72. The quantitative estimate of drug-likeness (QED) is 0.650. The van der Waals surface area contributed by atoms with E-state index in [-0.39, 0.29) is 21.2 Å². The van der Waals surface area contributed by atoms with E-state index in [1.807, 2.05) is 0 Å². The molecular weight excluding hydrogens is 447 g/mol. The van der Waals surface area contributed by atoms with Gasteiger partial charge in [0.2, 0.25) is 10.0 Å². The van der Waals surface area contributed by atoms with Crippen molar-refractivity contribution in [2.45, 2.75) is 30.6 Å². The zero-order valence-electron chi connectivity index (χ0n) is 16.6. The van der Waals surface area contributed by atoms with Gasteiger partial charge in [-0.05, 0) is 49.2 Å². The van der Waals surface area contributed by atoms with Crippen molar-refractivity contribution < 1.29 is 27.1 Å². The van der Waals surface area contributed by atoms with Gasteiger partial charge in [0.05, 0.1) is 21.2 Å². The van der Waals surface area contributed by atoms with Gasteiger partial charge in [-0.2, -0.15) is 4.31 Å². The summed E-state index contributed by atoms with van der Waals surface area (Å²) in [5.41, 5.74) is 0.0562. The number of nitrogens with one attached hydrogen (secondary N) is 1. The van der Waals surface area contributed by atoms with Crippen LogP contribution in [0, 0.1) is 5.82 Å². The van der Waals surface area contributed by atoms with Crippen LogP contribution >= 0.6 is 11.6 Å².